The summed E-state index contributed by atoms with van der Waals surface area (Å²) in [6.45, 7) is 9.65. The minimum Gasteiger partial charge on any atom is -0.353 e. The average Bonchev–Trinajstić information content (AvgIpc) is 3.11. The van der Waals surface area contributed by atoms with Crippen molar-refractivity contribution >= 4 is 27.0 Å². The van der Waals surface area contributed by atoms with Gasteiger partial charge in [0.05, 0.1) is 15.9 Å². The van der Waals surface area contributed by atoms with Gasteiger partial charge in [-0.1, -0.05) is 40.5 Å². The van der Waals surface area contributed by atoms with E-state index in [4.69, 9.17) is 4.98 Å². The highest BCUT2D eigenvalue weighted by atomic mass is 32.2. The van der Waals surface area contributed by atoms with Crippen LogP contribution in [0.25, 0.3) is 11.0 Å². The van der Waals surface area contributed by atoms with Crippen LogP contribution in [0.3, 0.4) is 0 Å². The third-order valence-electron chi connectivity index (χ3n) is 6.62. The van der Waals surface area contributed by atoms with Gasteiger partial charge in [-0.05, 0) is 43.4 Å². The number of carbonyl (C=O) groups excluding carboxylic acids is 1. The number of amides is 1. The van der Waals surface area contributed by atoms with E-state index in [1.165, 1.54) is 23.6 Å². The molecule has 2 unspecified atom stereocenters. The lowest BCUT2D eigenvalue weighted by molar-refractivity contribution is -0.122. The van der Waals surface area contributed by atoms with Crippen LogP contribution >= 0.6 is 0 Å². The van der Waals surface area contributed by atoms with Crippen molar-refractivity contribution in [2.24, 2.45) is 5.92 Å². The van der Waals surface area contributed by atoms with Gasteiger partial charge in [-0.2, -0.15) is 4.31 Å². The fraction of sp³-hybridized carbons (Fsp3) is 0.667. The number of rotatable bonds is 10. The zero-order chi connectivity index (χ0) is 23.3. The maximum Gasteiger partial charge on any atom is 0.243 e. The van der Waals surface area contributed by atoms with Gasteiger partial charge in [-0.15, -0.1) is 0 Å². The summed E-state index contributed by atoms with van der Waals surface area (Å²) in [4.78, 5) is 17.6. The molecule has 1 fully saturated rings. The minimum absolute atomic E-state index is 0.0728. The number of hydrogen-bond donors (Lipinski definition) is 1. The number of aromatic nitrogens is 2. The molecule has 1 saturated carbocycles. The number of nitrogens with one attached hydrogen (secondary N) is 1. The number of nitrogens with zero attached hydrogens (tertiary/aromatic N) is 3. The van der Waals surface area contributed by atoms with Gasteiger partial charge in [0.2, 0.25) is 15.9 Å². The summed E-state index contributed by atoms with van der Waals surface area (Å²) in [5.74, 6) is 1.44. The molecule has 1 N–H and O–H groups in total. The Kier molecular flexibility index (Phi) is 8.33. The lowest BCUT2D eigenvalue weighted by Gasteiger charge is -2.29. The minimum atomic E-state index is -3.54. The molecular weight excluding hydrogens is 424 g/mol. The first-order valence-corrected chi connectivity index (χ1v) is 13.5. The lowest BCUT2D eigenvalue weighted by atomic mass is 9.86. The molecule has 0 aliphatic heterocycles. The van der Waals surface area contributed by atoms with Crippen molar-refractivity contribution in [2.75, 3.05) is 13.1 Å². The first-order valence-electron chi connectivity index (χ1n) is 12.1. The third kappa shape index (κ3) is 5.34. The van der Waals surface area contributed by atoms with Gasteiger partial charge in [0.1, 0.15) is 5.82 Å². The molecule has 3 rings (SSSR count). The smallest absolute Gasteiger partial charge is 0.243 e. The third-order valence-corrected chi connectivity index (χ3v) is 8.67. The van der Waals surface area contributed by atoms with Crippen LogP contribution in [0.4, 0.5) is 0 Å². The Bertz CT molecular complexity index is 1030. The van der Waals surface area contributed by atoms with E-state index < -0.39 is 10.0 Å². The van der Waals surface area contributed by atoms with E-state index in [2.05, 4.69) is 23.7 Å². The molecule has 0 bridgehead atoms. The molecular formula is C24H38N4O3S. The van der Waals surface area contributed by atoms with E-state index in [0.29, 0.717) is 37.4 Å². The van der Waals surface area contributed by atoms with Crippen LogP contribution in [0.2, 0.25) is 0 Å². The van der Waals surface area contributed by atoms with Gasteiger partial charge in [0.25, 0.3) is 0 Å². The number of sulfonamides is 1. The molecule has 1 heterocycles. The van der Waals surface area contributed by atoms with Crippen molar-refractivity contribution in [1.82, 2.24) is 19.2 Å². The Hall–Kier alpha value is -1.93. The Morgan fingerprint density at radius 3 is 2.56 bits per heavy atom. The van der Waals surface area contributed by atoms with Crippen molar-refractivity contribution in [2.45, 2.75) is 90.1 Å². The van der Waals surface area contributed by atoms with E-state index in [0.717, 1.165) is 30.7 Å². The molecule has 1 aromatic carbocycles. The maximum absolute atomic E-state index is 12.9. The predicted molar refractivity (Wildman–Crippen MR) is 128 cm³/mol. The first kappa shape index (κ1) is 24.7. The van der Waals surface area contributed by atoms with Crippen LogP contribution < -0.4 is 5.32 Å². The van der Waals surface area contributed by atoms with Gasteiger partial charge in [0, 0.05) is 38.5 Å². The second-order valence-corrected chi connectivity index (χ2v) is 10.8. The molecule has 1 aliphatic rings. The topological polar surface area (TPSA) is 84.3 Å². The van der Waals surface area contributed by atoms with Crippen molar-refractivity contribution in [3.8, 4) is 0 Å². The van der Waals surface area contributed by atoms with Crippen LogP contribution in [0.1, 0.15) is 72.0 Å². The number of benzene rings is 1. The molecule has 0 saturated heterocycles. The van der Waals surface area contributed by atoms with E-state index in [-0.39, 0.29) is 16.8 Å². The molecule has 0 spiro atoms. The van der Waals surface area contributed by atoms with E-state index in [1.807, 2.05) is 19.9 Å². The summed E-state index contributed by atoms with van der Waals surface area (Å²) in [6, 6.07) is 5.47. The number of imidazole rings is 1. The fourth-order valence-corrected chi connectivity index (χ4v) is 6.21. The fourth-order valence-electron chi connectivity index (χ4n) is 4.73. The van der Waals surface area contributed by atoms with Crippen LogP contribution in [0.15, 0.2) is 23.1 Å². The second kappa shape index (κ2) is 10.8. The van der Waals surface area contributed by atoms with Crippen LogP contribution in [0, 0.1) is 5.92 Å². The standard InChI is InChI=1S/C24H38N4O3S/c1-5-16-28-22-13-12-19(32(30,31)27(6-2)7-3)17-21(22)25-23(28)14-15-24(29)26-20-11-9-8-10-18(20)4/h12-13,17-18,20H,5-11,14-16H2,1-4H3,(H,26,29). The Morgan fingerprint density at radius 2 is 1.91 bits per heavy atom. The molecule has 32 heavy (non-hydrogen) atoms. The van der Waals surface area contributed by atoms with Gasteiger partial charge in [-0.3, -0.25) is 4.79 Å². The summed E-state index contributed by atoms with van der Waals surface area (Å²) in [5, 5.41) is 3.22. The molecule has 1 aliphatic carbocycles. The lowest BCUT2D eigenvalue weighted by Crippen LogP contribution is -2.41. The number of carbonyl (C=O) groups is 1. The Labute approximate surface area is 192 Å². The van der Waals surface area contributed by atoms with Crippen LogP contribution in [-0.4, -0.2) is 47.3 Å². The molecule has 2 atom stereocenters. The van der Waals surface area contributed by atoms with Crippen molar-refractivity contribution in [3.05, 3.63) is 24.0 Å². The zero-order valence-corrected chi connectivity index (χ0v) is 20.7. The molecule has 2 aromatic rings. The number of fused-ring (bicyclic) bond motifs is 1. The maximum atomic E-state index is 12.9. The summed E-state index contributed by atoms with van der Waals surface area (Å²) in [7, 11) is -3.54. The quantitative estimate of drug-likeness (QED) is 0.576. The summed E-state index contributed by atoms with van der Waals surface area (Å²) >= 11 is 0. The molecule has 1 amide bonds. The molecule has 1 aromatic heterocycles. The van der Waals surface area contributed by atoms with Crippen LogP contribution in [0.5, 0.6) is 0 Å². The first-order chi connectivity index (χ1) is 15.3. The second-order valence-electron chi connectivity index (χ2n) is 8.86. The summed E-state index contributed by atoms with van der Waals surface area (Å²) < 4.78 is 29.4. The van der Waals surface area contributed by atoms with Gasteiger partial charge in [-0.25, -0.2) is 13.4 Å². The number of aryl methyl sites for hydroxylation is 2. The van der Waals surface area contributed by atoms with Gasteiger partial charge >= 0.3 is 0 Å². The largest absolute Gasteiger partial charge is 0.353 e. The molecule has 7 nitrogen and oxygen atoms in total. The summed E-state index contributed by atoms with van der Waals surface area (Å²) in [5.41, 5.74) is 1.59. The highest BCUT2D eigenvalue weighted by Crippen LogP contribution is 2.25. The molecule has 0 radical (unpaired) electrons. The Morgan fingerprint density at radius 1 is 1.19 bits per heavy atom. The predicted octanol–water partition coefficient (Wildman–Crippen LogP) is 4.10. The number of hydrogen-bond acceptors (Lipinski definition) is 4. The van der Waals surface area contributed by atoms with Crippen LogP contribution in [-0.2, 0) is 27.8 Å². The van der Waals surface area contributed by atoms with E-state index in [9.17, 15) is 13.2 Å². The highest BCUT2D eigenvalue weighted by molar-refractivity contribution is 7.89. The monoisotopic (exact) mass is 462 g/mol. The van der Waals surface area contributed by atoms with E-state index >= 15 is 0 Å². The van der Waals surface area contributed by atoms with Crippen molar-refractivity contribution < 1.29 is 13.2 Å². The summed E-state index contributed by atoms with van der Waals surface area (Å²) in [6.07, 6.45) is 6.53. The molecule has 8 heteroatoms. The zero-order valence-electron chi connectivity index (χ0n) is 19.9. The molecule has 178 valence electrons. The highest BCUT2D eigenvalue weighted by Gasteiger charge is 2.24. The average molecular weight is 463 g/mol. The van der Waals surface area contributed by atoms with Crippen molar-refractivity contribution in [1.29, 1.82) is 0 Å². The SMILES string of the molecule is CCCn1c(CCC(=O)NC2CCCCC2C)nc2cc(S(=O)(=O)N(CC)CC)ccc21. The van der Waals surface area contributed by atoms with Gasteiger partial charge < -0.3 is 9.88 Å². The van der Waals surface area contributed by atoms with Crippen molar-refractivity contribution in [3.63, 3.8) is 0 Å². The van der Waals surface area contributed by atoms with Gasteiger partial charge in [0.15, 0.2) is 0 Å². The Balaban J connectivity index is 1.80. The normalized spacial score (nSPS) is 19.5. The van der Waals surface area contributed by atoms with E-state index in [1.54, 1.807) is 12.1 Å².